The van der Waals surface area contributed by atoms with Crippen molar-refractivity contribution in [1.82, 2.24) is 0 Å². The van der Waals surface area contributed by atoms with Crippen molar-refractivity contribution in [2.75, 3.05) is 0 Å². The van der Waals surface area contributed by atoms with Crippen LogP contribution < -0.4 is 0 Å². The molecule has 0 amide bonds. The first-order valence-corrected chi connectivity index (χ1v) is 17.1. The lowest BCUT2D eigenvalue weighted by molar-refractivity contribution is 0.633. The van der Waals surface area contributed by atoms with Crippen molar-refractivity contribution in [2.45, 2.75) is 10.8 Å². The molecule has 0 atom stereocenters. The predicted molar refractivity (Wildman–Crippen MR) is 193 cm³/mol. The lowest BCUT2D eigenvalue weighted by Crippen LogP contribution is -2.43. The Morgan fingerprint density at radius 1 is 0.348 bits per heavy atom. The molecule has 8 aromatic rings. The van der Waals surface area contributed by atoms with Crippen LogP contribution in [-0.2, 0) is 10.8 Å². The second kappa shape index (κ2) is 8.65. The first-order chi connectivity index (χ1) is 22.7. The maximum atomic E-state index is 6.94. The Labute approximate surface area is 276 Å². The second-order valence-electron chi connectivity index (χ2n) is 12.9. The van der Waals surface area contributed by atoms with Crippen LogP contribution in [0.2, 0.25) is 5.02 Å². The summed E-state index contributed by atoms with van der Waals surface area (Å²) < 4.78 is 2.65. The molecule has 0 saturated carbocycles. The van der Waals surface area contributed by atoms with Crippen LogP contribution >= 0.6 is 22.9 Å². The van der Waals surface area contributed by atoms with Crippen LogP contribution in [0.1, 0.15) is 44.5 Å². The minimum absolute atomic E-state index is 0.436. The van der Waals surface area contributed by atoms with Gasteiger partial charge in [0.15, 0.2) is 0 Å². The fraction of sp³-hybridized carbons (Fsp3) is 0.0455. The van der Waals surface area contributed by atoms with Gasteiger partial charge in [-0.3, -0.25) is 0 Å². The van der Waals surface area contributed by atoms with E-state index >= 15 is 0 Å². The summed E-state index contributed by atoms with van der Waals surface area (Å²) in [6.45, 7) is 0. The number of hydrogen-bond donors (Lipinski definition) is 0. The summed E-state index contributed by atoms with van der Waals surface area (Å²) in [4.78, 5) is 0. The van der Waals surface area contributed by atoms with Gasteiger partial charge in [-0.15, -0.1) is 11.3 Å². The van der Waals surface area contributed by atoms with Gasteiger partial charge in [-0.2, -0.15) is 0 Å². The molecule has 46 heavy (non-hydrogen) atoms. The molecule has 1 heterocycles. The minimum Gasteiger partial charge on any atom is -0.135 e. The minimum atomic E-state index is -0.523. The van der Waals surface area contributed by atoms with Gasteiger partial charge >= 0.3 is 0 Å². The molecule has 2 heteroatoms. The maximum Gasteiger partial charge on any atom is 0.0721 e. The summed E-state index contributed by atoms with van der Waals surface area (Å²) in [6, 6.07) is 56.9. The lowest BCUT2D eigenvalue weighted by Gasteiger charge is -2.48. The monoisotopic (exact) mass is 620 g/mol. The average Bonchev–Trinajstić information content (AvgIpc) is 3.71. The number of fused-ring (bicyclic) bond motifs is 19. The molecular formula is C44H25ClS. The smallest absolute Gasteiger partial charge is 0.0721 e. The van der Waals surface area contributed by atoms with Gasteiger partial charge in [-0.05, 0) is 97.1 Å². The SMILES string of the molecule is Clc1ccc2c(c1)C1(c3cc4sc5ccccc5c4cc3-2)c2ccccc2C2(c3ccccc3-c3ccccc32)c2ccccc21. The summed E-state index contributed by atoms with van der Waals surface area (Å²) >= 11 is 8.83. The fourth-order valence-electron chi connectivity index (χ4n) is 9.47. The van der Waals surface area contributed by atoms with E-state index in [-0.39, 0.29) is 0 Å². The molecule has 3 aliphatic rings. The van der Waals surface area contributed by atoms with Crippen LogP contribution in [0.5, 0.6) is 0 Å². The number of thiophene rings is 1. The van der Waals surface area contributed by atoms with Gasteiger partial charge in [0.1, 0.15) is 0 Å². The Morgan fingerprint density at radius 2 is 0.826 bits per heavy atom. The number of benzene rings is 7. The average molecular weight is 621 g/mol. The molecule has 0 N–H and O–H groups in total. The Bertz CT molecular complexity index is 2530. The first-order valence-electron chi connectivity index (χ1n) is 15.9. The van der Waals surface area contributed by atoms with Crippen LogP contribution in [0.3, 0.4) is 0 Å². The van der Waals surface area contributed by atoms with Crippen LogP contribution in [0, 0.1) is 0 Å². The van der Waals surface area contributed by atoms with Crippen LogP contribution in [0.4, 0.5) is 0 Å². The first kappa shape index (κ1) is 25.3. The molecule has 3 aliphatic carbocycles. The third-order valence-electron chi connectivity index (χ3n) is 11.0. The molecule has 0 unspecified atom stereocenters. The van der Waals surface area contributed by atoms with E-state index in [1.54, 1.807) is 0 Å². The highest BCUT2D eigenvalue weighted by Crippen LogP contribution is 2.67. The number of hydrogen-bond acceptors (Lipinski definition) is 1. The van der Waals surface area contributed by atoms with Crippen LogP contribution in [0.15, 0.2) is 152 Å². The molecule has 1 aromatic heterocycles. The van der Waals surface area contributed by atoms with Gasteiger partial charge in [-0.1, -0.05) is 133 Å². The van der Waals surface area contributed by atoms with Gasteiger partial charge in [0, 0.05) is 25.2 Å². The molecule has 0 bridgehead atoms. The van der Waals surface area contributed by atoms with Crippen molar-refractivity contribution < 1.29 is 0 Å². The number of halogens is 1. The molecule has 0 aliphatic heterocycles. The summed E-state index contributed by atoms with van der Waals surface area (Å²) in [6.07, 6.45) is 0. The van der Waals surface area contributed by atoms with E-state index < -0.39 is 10.8 Å². The molecule has 2 spiro atoms. The zero-order valence-corrected chi connectivity index (χ0v) is 26.3. The van der Waals surface area contributed by atoms with Crippen molar-refractivity contribution >= 4 is 43.1 Å². The molecular weight excluding hydrogens is 596 g/mol. The summed E-state index contributed by atoms with van der Waals surface area (Å²) in [7, 11) is 0. The molecule has 214 valence electrons. The summed E-state index contributed by atoms with van der Waals surface area (Å²) in [5, 5.41) is 3.42. The predicted octanol–water partition coefficient (Wildman–Crippen LogP) is 11.7. The van der Waals surface area contributed by atoms with E-state index in [4.69, 9.17) is 11.6 Å². The molecule has 11 rings (SSSR count). The molecule has 0 fully saturated rings. The van der Waals surface area contributed by atoms with E-state index in [9.17, 15) is 0 Å². The lowest BCUT2D eigenvalue weighted by atomic mass is 9.52. The Morgan fingerprint density at radius 3 is 1.46 bits per heavy atom. The third-order valence-corrected chi connectivity index (χ3v) is 12.4. The molecule has 0 radical (unpaired) electrons. The van der Waals surface area contributed by atoms with Crippen LogP contribution in [0.25, 0.3) is 42.4 Å². The highest BCUT2D eigenvalue weighted by Gasteiger charge is 2.58. The van der Waals surface area contributed by atoms with Gasteiger partial charge in [-0.25, -0.2) is 0 Å². The van der Waals surface area contributed by atoms with Crippen LogP contribution in [-0.4, -0.2) is 0 Å². The van der Waals surface area contributed by atoms with E-state index in [1.165, 1.54) is 86.9 Å². The second-order valence-corrected chi connectivity index (χ2v) is 14.4. The standard InChI is InChI=1S/C44H25ClS/c45-26-21-22-29-31-24-32-30-13-3-10-20-41(30)46-42(32)25-40(31)44(39(29)23-26)37-18-8-6-16-35(37)43(36-17-7-9-19-38(36)44)33-14-4-1-11-27(33)28-12-2-5-15-34(28)43/h1-25H. The van der Waals surface area contributed by atoms with E-state index in [0.29, 0.717) is 0 Å². The summed E-state index contributed by atoms with van der Waals surface area (Å²) in [5.41, 5.74) is 14.9. The van der Waals surface area contributed by atoms with Crippen molar-refractivity contribution in [2.24, 2.45) is 0 Å². The van der Waals surface area contributed by atoms with Crippen molar-refractivity contribution in [3.63, 3.8) is 0 Å². The van der Waals surface area contributed by atoms with Crippen molar-refractivity contribution in [3.05, 3.63) is 201 Å². The molecule has 0 saturated heterocycles. The Hall–Kier alpha value is -4.95. The molecule has 7 aromatic carbocycles. The fourth-order valence-corrected chi connectivity index (χ4v) is 10.8. The Kier molecular flexibility index (Phi) is 4.75. The van der Waals surface area contributed by atoms with Gasteiger partial charge < -0.3 is 0 Å². The topological polar surface area (TPSA) is 0 Å². The largest absolute Gasteiger partial charge is 0.135 e. The highest BCUT2D eigenvalue weighted by atomic mass is 35.5. The quantitative estimate of drug-likeness (QED) is 0.158. The van der Waals surface area contributed by atoms with Crippen molar-refractivity contribution in [1.29, 1.82) is 0 Å². The number of rotatable bonds is 0. The Balaban J connectivity index is 1.36. The van der Waals surface area contributed by atoms with Gasteiger partial charge in [0.25, 0.3) is 0 Å². The van der Waals surface area contributed by atoms with Gasteiger partial charge in [0.2, 0.25) is 0 Å². The highest BCUT2D eigenvalue weighted by molar-refractivity contribution is 7.25. The molecule has 0 nitrogen and oxygen atoms in total. The zero-order chi connectivity index (χ0) is 30.2. The zero-order valence-electron chi connectivity index (χ0n) is 24.7. The maximum absolute atomic E-state index is 6.94. The third kappa shape index (κ3) is 2.76. The van der Waals surface area contributed by atoms with E-state index in [1.807, 2.05) is 11.3 Å². The summed E-state index contributed by atoms with van der Waals surface area (Å²) in [5.74, 6) is 0. The normalized spacial score (nSPS) is 15.4. The van der Waals surface area contributed by atoms with E-state index in [0.717, 1.165) is 5.02 Å². The van der Waals surface area contributed by atoms with E-state index in [2.05, 4.69) is 152 Å². The van der Waals surface area contributed by atoms with Gasteiger partial charge in [0.05, 0.1) is 10.8 Å². The van der Waals surface area contributed by atoms with Crippen molar-refractivity contribution in [3.8, 4) is 22.3 Å².